The summed E-state index contributed by atoms with van der Waals surface area (Å²) in [5.74, 6) is -2.24. The summed E-state index contributed by atoms with van der Waals surface area (Å²) in [6, 6.07) is 12.1. The number of hydrogen-bond donors (Lipinski definition) is 3. The third-order valence-electron chi connectivity index (χ3n) is 6.55. The zero-order valence-electron chi connectivity index (χ0n) is 20.8. The van der Waals surface area contributed by atoms with Crippen LogP contribution in [0.1, 0.15) is 41.6 Å². The van der Waals surface area contributed by atoms with Crippen LogP contribution in [0.25, 0.3) is 0 Å². The molecular weight excluding hydrogens is 519 g/mol. The molecule has 2 aromatic rings. The highest BCUT2D eigenvalue weighted by Gasteiger charge is 2.53. The molecule has 9 nitrogen and oxygen atoms in total. The number of aliphatic imine (C=N–C) groups is 1. The van der Waals surface area contributed by atoms with Crippen molar-refractivity contribution in [1.82, 2.24) is 10.6 Å². The van der Waals surface area contributed by atoms with Crippen LogP contribution in [-0.2, 0) is 14.3 Å². The van der Waals surface area contributed by atoms with Gasteiger partial charge in [0.2, 0.25) is 12.0 Å². The number of rotatable bonds is 9. The molecule has 1 aliphatic carbocycles. The molecular formula is C27H28F3N3O6. The van der Waals surface area contributed by atoms with Gasteiger partial charge in [0.15, 0.2) is 6.04 Å². The lowest BCUT2D eigenvalue weighted by molar-refractivity contribution is -0.167. The number of carbonyl (C=O) groups is 3. The smallest absolute Gasteiger partial charge is 0.415 e. The number of nitrogens with zero attached hydrogens (tertiary/aromatic N) is 1. The average molecular weight is 548 g/mol. The second kappa shape index (κ2) is 12.2. The van der Waals surface area contributed by atoms with Gasteiger partial charge in [0.25, 0.3) is 11.8 Å². The number of halogens is 3. The van der Waals surface area contributed by atoms with Crippen molar-refractivity contribution in [2.24, 2.45) is 10.9 Å². The first-order valence-electron chi connectivity index (χ1n) is 12.5. The van der Waals surface area contributed by atoms with Gasteiger partial charge in [-0.05, 0) is 62.1 Å². The fourth-order valence-corrected chi connectivity index (χ4v) is 4.44. The summed E-state index contributed by atoms with van der Waals surface area (Å²) in [7, 11) is 0. The molecule has 2 aliphatic rings. The molecule has 0 saturated heterocycles. The molecule has 0 radical (unpaired) electrons. The van der Waals surface area contributed by atoms with E-state index in [9.17, 15) is 27.6 Å². The van der Waals surface area contributed by atoms with Gasteiger partial charge < -0.3 is 25.2 Å². The van der Waals surface area contributed by atoms with Crippen molar-refractivity contribution in [3.05, 3.63) is 65.7 Å². The summed E-state index contributed by atoms with van der Waals surface area (Å²) in [5, 5.41) is 14.0. The van der Waals surface area contributed by atoms with Crippen LogP contribution < -0.4 is 15.4 Å². The van der Waals surface area contributed by atoms with E-state index >= 15 is 0 Å². The number of carboxylic acids is 1. The molecule has 208 valence electrons. The van der Waals surface area contributed by atoms with E-state index in [1.54, 1.807) is 42.5 Å². The van der Waals surface area contributed by atoms with Gasteiger partial charge in [-0.3, -0.25) is 14.4 Å². The molecule has 1 heterocycles. The van der Waals surface area contributed by atoms with Gasteiger partial charge in [-0.1, -0.05) is 18.2 Å². The number of hydrogen-bond acceptors (Lipinski definition) is 6. The number of carboxylic acid groups (broad SMARTS) is 1. The topological polar surface area (TPSA) is 126 Å². The van der Waals surface area contributed by atoms with Crippen molar-refractivity contribution in [1.29, 1.82) is 0 Å². The molecule has 2 atom stereocenters. The van der Waals surface area contributed by atoms with Crippen molar-refractivity contribution in [3.8, 4) is 5.75 Å². The van der Waals surface area contributed by atoms with Crippen molar-refractivity contribution < 1.29 is 42.1 Å². The number of ether oxygens (including phenoxy) is 2. The first kappa shape index (κ1) is 27.9. The molecule has 1 aliphatic heterocycles. The van der Waals surface area contributed by atoms with Crippen molar-refractivity contribution in [3.63, 3.8) is 0 Å². The number of carbonyl (C=O) groups excluding carboxylic acids is 2. The maximum absolute atomic E-state index is 13.5. The number of nitrogens with one attached hydrogen (secondary N) is 2. The maximum Gasteiger partial charge on any atom is 0.415 e. The van der Waals surface area contributed by atoms with Crippen LogP contribution in [0.3, 0.4) is 0 Å². The highest BCUT2D eigenvalue weighted by atomic mass is 19.4. The highest BCUT2D eigenvalue weighted by molar-refractivity contribution is 5.98. The molecule has 0 spiro atoms. The Morgan fingerprint density at radius 1 is 0.949 bits per heavy atom. The van der Waals surface area contributed by atoms with E-state index in [0.29, 0.717) is 42.6 Å². The number of aliphatic carboxylic acids is 1. The SMILES string of the molecule is O=C(NCCNC(=O)C1OC(c2ccccc2)=NC1C(F)(F)F)c1ccc(OC2CCC(C(=O)O)CC2)cc1. The van der Waals surface area contributed by atoms with Crippen LogP contribution in [0.2, 0.25) is 0 Å². The molecule has 2 aromatic carbocycles. The third kappa shape index (κ3) is 7.27. The molecule has 0 aromatic heterocycles. The summed E-state index contributed by atoms with van der Waals surface area (Å²) in [6.07, 6.45) is -4.34. The zero-order valence-corrected chi connectivity index (χ0v) is 20.8. The van der Waals surface area contributed by atoms with E-state index in [1.807, 2.05) is 0 Å². The van der Waals surface area contributed by atoms with E-state index in [1.165, 1.54) is 12.1 Å². The lowest BCUT2D eigenvalue weighted by Crippen LogP contribution is -2.48. The predicted molar refractivity (Wildman–Crippen MR) is 133 cm³/mol. The van der Waals surface area contributed by atoms with E-state index in [-0.39, 0.29) is 31.0 Å². The molecule has 1 saturated carbocycles. The number of amides is 2. The Labute approximate surface area is 222 Å². The lowest BCUT2D eigenvalue weighted by atomic mass is 9.87. The monoisotopic (exact) mass is 547 g/mol. The van der Waals surface area contributed by atoms with E-state index in [4.69, 9.17) is 14.6 Å². The Bertz CT molecular complexity index is 1200. The largest absolute Gasteiger partial charge is 0.490 e. The van der Waals surface area contributed by atoms with Crippen molar-refractivity contribution in [2.75, 3.05) is 13.1 Å². The Morgan fingerprint density at radius 2 is 1.59 bits per heavy atom. The Kier molecular flexibility index (Phi) is 8.72. The summed E-state index contributed by atoms with van der Waals surface area (Å²) < 4.78 is 51.6. The second-order valence-electron chi connectivity index (χ2n) is 9.33. The van der Waals surface area contributed by atoms with E-state index < -0.39 is 36.1 Å². The molecule has 1 fully saturated rings. The fraction of sp³-hybridized carbons (Fsp3) is 0.407. The second-order valence-corrected chi connectivity index (χ2v) is 9.33. The van der Waals surface area contributed by atoms with Gasteiger partial charge in [0, 0.05) is 24.2 Å². The van der Waals surface area contributed by atoms with Crippen molar-refractivity contribution in [2.45, 2.75) is 50.1 Å². The molecule has 0 bridgehead atoms. The van der Waals surface area contributed by atoms with Crippen LogP contribution in [-0.4, -0.2) is 66.3 Å². The Hall–Kier alpha value is -4.09. The first-order valence-corrected chi connectivity index (χ1v) is 12.5. The first-order chi connectivity index (χ1) is 18.6. The minimum atomic E-state index is -4.78. The summed E-state index contributed by atoms with van der Waals surface area (Å²) in [5.41, 5.74) is 0.664. The van der Waals surface area contributed by atoms with Crippen LogP contribution in [0.5, 0.6) is 5.75 Å². The van der Waals surface area contributed by atoms with Crippen LogP contribution in [0, 0.1) is 5.92 Å². The average Bonchev–Trinajstić information content (AvgIpc) is 3.39. The number of benzene rings is 2. The fourth-order valence-electron chi connectivity index (χ4n) is 4.44. The standard InChI is InChI=1S/C27H28F3N3O6/c28-27(29,30)22-21(39-25(33-22)17-4-2-1-3-5-17)24(35)32-15-14-31-23(34)16-6-10-19(11-7-16)38-20-12-8-18(9-13-20)26(36)37/h1-7,10-11,18,20-22H,8-9,12-15H2,(H,31,34)(H,32,35)(H,36,37). The quantitative estimate of drug-likeness (QED) is 0.414. The van der Waals surface area contributed by atoms with Gasteiger partial charge in [0.05, 0.1) is 12.0 Å². The van der Waals surface area contributed by atoms with Gasteiger partial charge in [0.1, 0.15) is 5.75 Å². The maximum atomic E-state index is 13.5. The van der Waals surface area contributed by atoms with Crippen LogP contribution in [0.15, 0.2) is 59.6 Å². The number of alkyl halides is 3. The minimum Gasteiger partial charge on any atom is -0.490 e. The normalized spacial score (nSPS) is 22.8. The molecule has 2 unspecified atom stereocenters. The molecule has 4 rings (SSSR count). The summed E-state index contributed by atoms with van der Waals surface area (Å²) >= 11 is 0. The predicted octanol–water partition coefficient (Wildman–Crippen LogP) is 3.33. The lowest BCUT2D eigenvalue weighted by Gasteiger charge is -2.26. The molecule has 3 N–H and O–H groups in total. The molecule has 39 heavy (non-hydrogen) atoms. The third-order valence-corrected chi connectivity index (χ3v) is 6.55. The van der Waals surface area contributed by atoms with Crippen LogP contribution in [0.4, 0.5) is 13.2 Å². The van der Waals surface area contributed by atoms with E-state index in [0.717, 1.165) is 0 Å². The highest BCUT2D eigenvalue weighted by Crippen LogP contribution is 2.32. The molecule has 2 amide bonds. The summed E-state index contributed by atoms with van der Waals surface area (Å²) in [4.78, 5) is 39.6. The zero-order chi connectivity index (χ0) is 28.0. The Balaban J connectivity index is 1.22. The van der Waals surface area contributed by atoms with Crippen LogP contribution >= 0.6 is 0 Å². The van der Waals surface area contributed by atoms with Gasteiger partial charge in [-0.15, -0.1) is 0 Å². The van der Waals surface area contributed by atoms with Gasteiger partial charge in [-0.2, -0.15) is 13.2 Å². The Morgan fingerprint density at radius 3 is 2.21 bits per heavy atom. The van der Waals surface area contributed by atoms with Gasteiger partial charge in [-0.25, -0.2) is 4.99 Å². The van der Waals surface area contributed by atoms with Gasteiger partial charge >= 0.3 is 12.1 Å². The van der Waals surface area contributed by atoms with E-state index in [2.05, 4.69) is 15.6 Å². The van der Waals surface area contributed by atoms with Crippen molar-refractivity contribution >= 4 is 23.7 Å². The minimum absolute atomic E-state index is 0.0224. The molecule has 12 heteroatoms. The summed E-state index contributed by atoms with van der Waals surface area (Å²) in [6.45, 7) is -0.138.